The predicted octanol–water partition coefficient (Wildman–Crippen LogP) is 7.38. The van der Waals surface area contributed by atoms with E-state index in [0.717, 1.165) is 30.4 Å². The first-order chi connectivity index (χ1) is 29.0. The number of furan rings is 1. The molecule has 4 aliphatic rings. The van der Waals surface area contributed by atoms with Gasteiger partial charge in [0.2, 0.25) is 5.79 Å². The molecule has 1 saturated carbocycles. The fourth-order valence-electron chi connectivity index (χ4n) is 10.5. The van der Waals surface area contributed by atoms with Crippen LogP contribution >= 0.6 is 0 Å². The third-order valence-corrected chi connectivity index (χ3v) is 14.2. The second kappa shape index (κ2) is 21.3. The van der Waals surface area contributed by atoms with Crippen LogP contribution in [0.5, 0.6) is 0 Å². The largest absolute Gasteiger partial charge is 0.456 e. The maximum Gasteiger partial charge on any atom is 0.329 e. The van der Waals surface area contributed by atoms with Gasteiger partial charge in [0.15, 0.2) is 5.88 Å². The van der Waals surface area contributed by atoms with Gasteiger partial charge >= 0.3 is 5.97 Å². The minimum Gasteiger partial charge on any atom is -0.456 e. The van der Waals surface area contributed by atoms with Crippen LogP contribution < -0.4 is 4.90 Å². The molecule has 1 amide bonds. The van der Waals surface area contributed by atoms with Crippen molar-refractivity contribution in [3.8, 4) is 0 Å². The van der Waals surface area contributed by atoms with Gasteiger partial charge in [-0.2, -0.15) is 0 Å². The molecule has 1 aromatic rings. The zero-order valence-electron chi connectivity index (χ0n) is 38.5. The zero-order chi connectivity index (χ0) is 44.6. The number of ketones is 2. The van der Waals surface area contributed by atoms with Gasteiger partial charge < -0.3 is 43.0 Å². The first-order valence-electron chi connectivity index (χ1n) is 22.7. The van der Waals surface area contributed by atoms with Crippen molar-refractivity contribution in [3.63, 3.8) is 0 Å². The van der Waals surface area contributed by atoms with Gasteiger partial charge in [0.1, 0.15) is 24.0 Å². The average Bonchev–Trinajstić information content (AvgIpc) is 3.80. The van der Waals surface area contributed by atoms with Crippen LogP contribution in [-0.2, 0) is 42.9 Å². The number of fused-ring (bicyclic) bond motifs is 3. The standard InChI is InChI=1S/C48H74N2O11/c1-11-35-25-30(2)24-31(3)26-39(57-9)43-40(58-10)27-34(6)48(55,61-43)44(52)45(53)50-22-13-12-17-37(50)46(54)60-42(32(4)19-20-38(35)51)33(5)28-47(21-14-16-36(29-47)56-8)49(7)41-18-15-23-59-41/h15,18,23,25,28,31-32,34-37,39-40,42-43,55H,11-14,16-17,19-22,24,26-27,29H2,1-10H3. The Bertz CT molecular complexity index is 1710. The third-order valence-electron chi connectivity index (χ3n) is 14.2. The SMILES string of the molecule is CCC1C=C(C)CC(C)CC(OC)C2OC(O)(C(=O)C(=O)N3CCCCC3C(=O)OC(C(C)=CC3(N(C)c4ccco4)CCCC(OC)C3)C(C)CCC1=O)C(C)CC2OC. The average molecular weight is 855 g/mol. The van der Waals surface area contributed by atoms with Gasteiger partial charge in [-0.15, -0.1) is 0 Å². The van der Waals surface area contributed by atoms with Gasteiger partial charge in [0.25, 0.3) is 11.7 Å². The van der Waals surface area contributed by atoms with Crippen molar-refractivity contribution in [2.75, 3.05) is 39.8 Å². The van der Waals surface area contributed by atoms with Gasteiger partial charge in [-0.1, -0.05) is 45.4 Å². The van der Waals surface area contributed by atoms with Gasteiger partial charge in [0.05, 0.1) is 30.1 Å². The van der Waals surface area contributed by atoms with Crippen LogP contribution in [0, 0.1) is 23.7 Å². The molecule has 342 valence electrons. The minimum absolute atomic E-state index is 0.00226. The van der Waals surface area contributed by atoms with Crippen molar-refractivity contribution in [1.82, 2.24) is 4.90 Å². The number of carbonyl (C=O) groups excluding carboxylic acids is 4. The summed E-state index contributed by atoms with van der Waals surface area (Å²) in [5, 5.41) is 12.1. The van der Waals surface area contributed by atoms with E-state index in [-0.39, 0.29) is 49.0 Å². The van der Waals surface area contributed by atoms with Gasteiger partial charge in [-0.3, -0.25) is 14.4 Å². The highest BCUT2D eigenvalue weighted by molar-refractivity contribution is 6.39. The Kier molecular flexibility index (Phi) is 17.0. The number of allylic oxidation sites excluding steroid dienone is 2. The Hall–Kier alpha value is -3.36. The molecule has 0 aromatic carbocycles. The molecule has 1 N–H and O–H groups in total. The van der Waals surface area contributed by atoms with Gasteiger partial charge in [-0.25, -0.2) is 4.79 Å². The molecule has 2 saturated heterocycles. The summed E-state index contributed by atoms with van der Waals surface area (Å²) in [6, 6.07) is 2.72. The zero-order valence-corrected chi connectivity index (χ0v) is 38.5. The quantitative estimate of drug-likeness (QED) is 0.158. The molecule has 0 spiro atoms. The summed E-state index contributed by atoms with van der Waals surface area (Å²) >= 11 is 0. The Morgan fingerprint density at radius 3 is 2.38 bits per heavy atom. The first-order valence-corrected chi connectivity index (χ1v) is 22.7. The number of carbonyl (C=O) groups is 4. The van der Waals surface area contributed by atoms with E-state index in [1.165, 1.54) is 4.90 Å². The Morgan fingerprint density at radius 2 is 1.72 bits per heavy atom. The van der Waals surface area contributed by atoms with Crippen LogP contribution in [0.1, 0.15) is 125 Å². The number of hydrogen-bond donors (Lipinski definition) is 1. The summed E-state index contributed by atoms with van der Waals surface area (Å²) in [6.07, 6.45) is 10.9. The molecule has 4 heterocycles. The molecule has 2 bridgehead atoms. The number of hydrogen-bond acceptors (Lipinski definition) is 12. The summed E-state index contributed by atoms with van der Waals surface area (Å²) in [4.78, 5) is 60.8. The maximum absolute atomic E-state index is 14.6. The van der Waals surface area contributed by atoms with E-state index < -0.39 is 65.4 Å². The summed E-state index contributed by atoms with van der Waals surface area (Å²) in [6.45, 7) is 11.9. The second-order valence-corrected chi connectivity index (χ2v) is 18.7. The highest BCUT2D eigenvalue weighted by Crippen LogP contribution is 2.42. The molecular weight excluding hydrogens is 781 g/mol. The number of Topliss-reactive ketones (excluding diaryl/α,β-unsaturated/α-hetero) is 2. The Morgan fingerprint density at radius 1 is 1.00 bits per heavy atom. The normalized spacial score (nSPS) is 37.0. The lowest BCUT2D eigenvalue weighted by Gasteiger charge is -2.47. The fraction of sp³-hybridized carbons (Fsp3) is 0.750. The Labute approximate surface area is 363 Å². The predicted molar refractivity (Wildman–Crippen MR) is 232 cm³/mol. The van der Waals surface area contributed by atoms with Crippen LogP contribution in [0.25, 0.3) is 0 Å². The Balaban J connectivity index is 1.57. The van der Waals surface area contributed by atoms with E-state index in [4.69, 9.17) is 28.1 Å². The van der Waals surface area contributed by atoms with Crippen molar-refractivity contribution in [1.29, 1.82) is 0 Å². The van der Waals surface area contributed by atoms with Crippen LogP contribution in [0.2, 0.25) is 0 Å². The van der Waals surface area contributed by atoms with Crippen LogP contribution in [-0.4, -0.2) is 116 Å². The van der Waals surface area contributed by atoms with E-state index in [9.17, 15) is 24.3 Å². The molecule has 13 nitrogen and oxygen atoms in total. The summed E-state index contributed by atoms with van der Waals surface area (Å²) in [5.41, 5.74) is 1.36. The molecule has 12 unspecified atom stereocenters. The number of likely N-dealkylation sites (N-methyl/N-ethyl adjacent to an activating group) is 1. The van der Waals surface area contributed by atoms with Crippen molar-refractivity contribution in [2.45, 2.75) is 173 Å². The molecule has 3 aliphatic heterocycles. The molecule has 5 rings (SSSR count). The van der Waals surface area contributed by atoms with Crippen LogP contribution in [0.3, 0.4) is 0 Å². The van der Waals surface area contributed by atoms with E-state index in [2.05, 4.69) is 24.0 Å². The van der Waals surface area contributed by atoms with E-state index in [1.807, 2.05) is 46.9 Å². The number of ether oxygens (including phenoxy) is 5. The number of aliphatic hydroxyl groups is 1. The lowest BCUT2D eigenvalue weighted by molar-refractivity contribution is -0.302. The number of anilines is 1. The van der Waals surface area contributed by atoms with Crippen molar-refractivity contribution >= 4 is 29.3 Å². The minimum atomic E-state index is -2.48. The molecule has 12 atom stereocenters. The van der Waals surface area contributed by atoms with Crippen LogP contribution in [0.4, 0.5) is 5.88 Å². The topological polar surface area (TPSA) is 154 Å². The third kappa shape index (κ3) is 11.1. The highest BCUT2D eigenvalue weighted by atomic mass is 16.7. The van der Waals surface area contributed by atoms with Gasteiger partial charge in [0, 0.05) is 65.7 Å². The first kappa shape index (κ1) is 48.7. The number of cyclic esters (lactones) is 1. The van der Waals surface area contributed by atoms with Crippen molar-refractivity contribution in [3.05, 3.63) is 41.7 Å². The molecule has 61 heavy (non-hydrogen) atoms. The molecule has 1 aromatic heterocycles. The lowest BCUT2D eigenvalue weighted by atomic mass is 9.76. The molecule has 1 aliphatic carbocycles. The maximum atomic E-state index is 14.6. The molecule has 13 heteroatoms. The number of amides is 1. The molecular formula is C48H74N2O11. The number of esters is 1. The second-order valence-electron chi connectivity index (χ2n) is 18.7. The molecule has 0 radical (unpaired) electrons. The highest BCUT2D eigenvalue weighted by Gasteiger charge is 2.56. The number of piperidine rings is 1. The van der Waals surface area contributed by atoms with Crippen molar-refractivity contribution in [2.24, 2.45) is 23.7 Å². The number of rotatable bonds is 8. The number of nitrogens with zero attached hydrogens (tertiary/aromatic N) is 2. The van der Waals surface area contributed by atoms with E-state index >= 15 is 0 Å². The summed E-state index contributed by atoms with van der Waals surface area (Å²) in [7, 11) is 6.85. The molecule has 3 fully saturated rings. The number of methoxy groups -OCH3 is 3. The fourth-order valence-corrected chi connectivity index (χ4v) is 10.5. The van der Waals surface area contributed by atoms with Crippen LogP contribution in [0.15, 0.2) is 46.1 Å². The summed E-state index contributed by atoms with van der Waals surface area (Å²) in [5.74, 6) is -5.65. The van der Waals surface area contributed by atoms with E-state index in [1.54, 1.807) is 34.5 Å². The van der Waals surface area contributed by atoms with Crippen molar-refractivity contribution < 1.29 is 52.4 Å². The monoisotopic (exact) mass is 855 g/mol. The smallest absolute Gasteiger partial charge is 0.329 e. The van der Waals surface area contributed by atoms with E-state index in [0.29, 0.717) is 57.3 Å². The van der Waals surface area contributed by atoms with Gasteiger partial charge in [-0.05, 0) is 108 Å². The summed E-state index contributed by atoms with van der Waals surface area (Å²) < 4.78 is 36.5. The lowest BCUT2D eigenvalue weighted by Crippen LogP contribution is -2.64.